The third-order valence-electron chi connectivity index (χ3n) is 2.55. The fourth-order valence-electron chi connectivity index (χ4n) is 1.57. The lowest BCUT2D eigenvalue weighted by Crippen LogP contribution is -2.36. The van der Waals surface area contributed by atoms with Crippen molar-refractivity contribution in [1.82, 2.24) is 5.32 Å². The Bertz CT molecular complexity index is 388. The van der Waals surface area contributed by atoms with Crippen LogP contribution in [0.25, 0.3) is 0 Å². The fraction of sp³-hybridized carbons (Fsp3) is 0.500. The standard InChI is InChI=1S/C14H21NO2/c1-5-8-15-14(16)12(4)17-13-7-6-10(2)9-11(13)3/h6-7,9,12H,5,8H2,1-4H3,(H,15,16). The van der Waals surface area contributed by atoms with Gasteiger partial charge in [-0.15, -0.1) is 0 Å². The van der Waals surface area contributed by atoms with Gasteiger partial charge < -0.3 is 10.1 Å². The molecule has 0 spiro atoms. The highest BCUT2D eigenvalue weighted by Crippen LogP contribution is 2.19. The highest BCUT2D eigenvalue weighted by Gasteiger charge is 2.14. The Kier molecular flexibility index (Phi) is 5.01. The van der Waals surface area contributed by atoms with Gasteiger partial charge in [0.15, 0.2) is 6.10 Å². The Morgan fingerprint density at radius 3 is 2.71 bits per heavy atom. The molecule has 0 aromatic heterocycles. The molecule has 1 aromatic carbocycles. The van der Waals surface area contributed by atoms with Crippen LogP contribution in [-0.2, 0) is 4.79 Å². The van der Waals surface area contributed by atoms with E-state index in [1.807, 2.05) is 39.0 Å². The molecule has 1 rings (SSSR count). The van der Waals surface area contributed by atoms with Gasteiger partial charge in [-0.25, -0.2) is 0 Å². The van der Waals surface area contributed by atoms with Gasteiger partial charge >= 0.3 is 0 Å². The number of hydrogen-bond acceptors (Lipinski definition) is 2. The van der Waals surface area contributed by atoms with Crippen LogP contribution in [0.5, 0.6) is 5.75 Å². The molecule has 0 radical (unpaired) electrons. The predicted molar refractivity (Wildman–Crippen MR) is 69.3 cm³/mol. The van der Waals surface area contributed by atoms with Gasteiger partial charge in [0.25, 0.3) is 5.91 Å². The van der Waals surface area contributed by atoms with Crippen molar-refractivity contribution in [3.05, 3.63) is 29.3 Å². The molecule has 1 unspecified atom stereocenters. The zero-order valence-corrected chi connectivity index (χ0v) is 11.0. The van der Waals surface area contributed by atoms with E-state index in [0.717, 1.165) is 17.7 Å². The monoisotopic (exact) mass is 235 g/mol. The summed E-state index contributed by atoms with van der Waals surface area (Å²) < 4.78 is 5.65. The summed E-state index contributed by atoms with van der Waals surface area (Å²) in [5.41, 5.74) is 2.25. The van der Waals surface area contributed by atoms with Crippen molar-refractivity contribution in [3.63, 3.8) is 0 Å². The van der Waals surface area contributed by atoms with Crippen LogP contribution in [0.2, 0.25) is 0 Å². The molecule has 1 atom stereocenters. The van der Waals surface area contributed by atoms with Gasteiger partial charge in [0.2, 0.25) is 0 Å². The van der Waals surface area contributed by atoms with Crippen molar-refractivity contribution in [3.8, 4) is 5.75 Å². The van der Waals surface area contributed by atoms with E-state index in [0.29, 0.717) is 6.54 Å². The van der Waals surface area contributed by atoms with Crippen molar-refractivity contribution in [2.75, 3.05) is 6.54 Å². The van der Waals surface area contributed by atoms with Crippen LogP contribution in [0.15, 0.2) is 18.2 Å². The van der Waals surface area contributed by atoms with Crippen LogP contribution in [0, 0.1) is 13.8 Å². The summed E-state index contributed by atoms with van der Waals surface area (Å²) in [4.78, 5) is 11.6. The molecule has 0 aliphatic carbocycles. The van der Waals surface area contributed by atoms with Crippen LogP contribution >= 0.6 is 0 Å². The molecule has 1 N–H and O–H groups in total. The smallest absolute Gasteiger partial charge is 0.260 e. The van der Waals surface area contributed by atoms with E-state index >= 15 is 0 Å². The van der Waals surface area contributed by atoms with Crippen molar-refractivity contribution >= 4 is 5.91 Å². The largest absolute Gasteiger partial charge is 0.481 e. The van der Waals surface area contributed by atoms with Crippen LogP contribution in [0.1, 0.15) is 31.4 Å². The number of ether oxygens (including phenoxy) is 1. The van der Waals surface area contributed by atoms with Gasteiger partial charge in [0, 0.05) is 6.54 Å². The summed E-state index contributed by atoms with van der Waals surface area (Å²) in [5.74, 6) is 0.710. The number of nitrogens with one attached hydrogen (secondary N) is 1. The topological polar surface area (TPSA) is 38.3 Å². The molecule has 1 amide bonds. The maximum atomic E-state index is 11.6. The second-order valence-corrected chi connectivity index (χ2v) is 4.32. The summed E-state index contributed by atoms with van der Waals surface area (Å²) in [6.45, 7) is 8.51. The normalized spacial score (nSPS) is 12.0. The average Bonchev–Trinajstić information content (AvgIpc) is 2.29. The Hall–Kier alpha value is -1.51. The van der Waals surface area contributed by atoms with E-state index in [9.17, 15) is 4.79 Å². The Morgan fingerprint density at radius 1 is 1.41 bits per heavy atom. The molecule has 0 fully saturated rings. The zero-order valence-electron chi connectivity index (χ0n) is 11.0. The first kappa shape index (κ1) is 13.6. The summed E-state index contributed by atoms with van der Waals surface area (Å²) in [6.07, 6.45) is 0.477. The molecule has 0 heterocycles. The number of carbonyl (C=O) groups is 1. The minimum Gasteiger partial charge on any atom is -0.481 e. The third-order valence-corrected chi connectivity index (χ3v) is 2.55. The second kappa shape index (κ2) is 6.28. The molecule has 3 nitrogen and oxygen atoms in total. The van der Waals surface area contributed by atoms with Crippen LogP contribution in [0.3, 0.4) is 0 Å². The Labute approximate surface area is 103 Å². The van der Waals surface area contributed by atoms with E-state index in [2.05, 4.69) is 5.32 Å². The highest BCUT2D eigenvalue weighted by atomic mass is 16.5. The number of rotatable bonds is 5. The average molecular weight is 235 g/mol. The number of benzene rings is 1. The molecular weight excluding hydrogens is 214 g/mol. The van der Waals surface area contributed by atoms with Gasteiger partial charge in [-0.1, -0.05) is 24.6 Å². The first-order chi connectivity index (χ1) is 8.04. The lowest BCUT2D eigenvalue weighted by molar-refractivity contribution is -0.127. The molecule has 3 heteroatoms. The molecule has 0 aliphatic rings. The molecule has 1 aromatic rings. The molecular formula is C14H21NO2. The van der Waals surface area contributed by atoms with E-state index in [1.54, 1.807) is 6.92 Å². The Balaban J connectivity index is 2.61. The number of aryl methyl sites for hydroxylation is 2. The molecule has 17 heavy (non-hydrogen) atoms. The zero-order chi connectivity index (χ0) is 12.8. The third kappa shape index (κ3) is 4.10. The fourth-order valence-corrected chi connectivity index (χ4v) is 1.57. The van der Waals surface area contributed by atoms with Crippen molar-refractivity contribution in [2.24, 2.45) is 0 Å². The summed E-state index contributed by atoms with van der Waals surface area (Å²) in [6, 6.07) is 5.94. The predicted octanol–water partition coefficient (Wildman–Crippen LogP) is 2.60. The molecule has 0 saturated heterocycles. The SMILES string of the molecule is CCCNC(=O)C(C)Oc1ccc(C)cc1C. The van der Waals surface area contributed by atoms with Gasteiger partial charge in [-0.3, -0.25) is 4.79 Å². The maximum absolute atomic E-state index is 11.6. The first-order valence-electron chi connectivity index (χ1n) is 6.06. The van der Waals surface area contributed by atoms with Crippen LogP contribution in [0.4, 0.5) is 0 Å². The summed E-state index contributed by atoms with van der Waals surface area (Å²) >= 11 is 0. The lowest BCUT2D eigenvalue weighted by Gasteiger charge is -2.16. The number of amides is 1. The molecule has 0 aliphatic heterocycles. The minimum atomic E-state index is -0.456. The summed E-state index contributed by atoms with van der Waals surface area (Å²) in [5, 5.41) is 2.82. The van der Waals surface area contributed by atoms with E-state index in [1.165, 1.54) is 5.56 Å². The summed E-state index contributed by atoms with van der Waals surface area (Å²) in [7, 11) is 0. The van der Waals surface area contributed by atoms with Gasteiger partial charge in [-0.2, -0.15) is 0 Å². The van der Waals surface area contributed by atoms with E-state index < -0.39 is 6.10 Å². The van der Waals surface area contributed by atoms with E-state index in [4.69, 9.17) is 4.74 Å². The number of carbonyl (C=O) groups excluding carboxylic acids is 1. The number of hydrogen-bond donors (Lipinski definition) is 1. The Morgan fingerprint density at radius 2 is 2.12 bits per heavy atom. The van der Waals surface area contributed by atoms with Crippen molar-refractivity contribution in [2.45, 2.75) is 40.2 Å². The first-order valence-corrected chi connectivity index (χ1v) is 6.06. The highest BCUT2D eigenvalue weighted by molar-refractivity contribution is 5.80. The lowest BCUT2D eigenvalue weighted by atomic mass is 10.1. The van der Waals surface area contributed by atoms with Gasteiger partial charge in [-0.05, 0) is 38.8 Å². The van der Waals surface area contributed by atoms with Gasteiger partial charge in [0.1, 0.15) is 5.75 Å². The van der Waals surface area contributed by atoms with E-state index in [-0.39, 0.29) is 5.91 Å². The second-order valence-electron chi connectivity index (χ2n) is 4.32. The van der Waals surface area contributed by atoms with Crippen LogP contribution < -0.4 is 10.1 Å². The van der Waals surface area contributed by atoms with Crippen molar-refractivity contribution in [1.29, 1.82) is 0 Å². The molecule has 0 bridgehead atoms. The maximum Gasteiger partial charge on any atom is 0.260 e. The molecule has 0 saturated carbocycles. The van der Waals surface area contributed by atoms with Crippen molar-refractivity contribution < 1.29 is 9.53 Å². The minimum absolute atomic E-state index is 0.0631. The quantitative estimate of drug-likeness (QED) is 0.852. The van der Waals surface area contributed by atoms with Crippen LogP contribution in [-0.4, -0.2) is 18.6 Å². The van der Waals surface area contributed by atoms with Gasteiger partial charge in [0.05, 0.1) is 0 Å². The molecule has 94 valence electrons.